The maximum Gasteiger partial charge on any atom is 0.338 e. The van der Waals surface area contributed by atoms with Crippen LogP contribution in [-0.2, 0) is 14.3 Å². The average Bonchev–Trinajstić information content (AvgIpc) is 2.95. The van der Waals surface area contributed by atoms with Gasteiger partial charge in [-0.25, -0.2) is 9.78 Å². The summed E-state index contributed by atoms with van der Waals surface area (Å²) in [6.45, 7) is 4.18. The van der Waals surface area contributed by atoms with Gasteiger partial charge in [0.1, 0.15) is 28.5 Å². The Morgan fingerprint density at radius 2 is 1.82 bits per heavy atom. The molecule has 0 fully saturated rings. The number of allylic oxidation sites excluding steroid dienone is 1. The number of carbonyl (C=O) groups is 1. The molecule has 1 unspecified atom stereocenters. The highest BCUT2D eigenvalue weighted by molar-refractivity contribution is 7.99. The number of hydrogen-bond acceptors (Lipinski definition) is 9. The van der Waals surface area contributed by atoms with Crippen LogP contribution in [-0.4, -0.2) is 28.8 Å². The number of pyridine rings is 2. The summed E-state index contributed by atoms with van der Waals surface area (Å²) >= 11 is 1.23. The molecule has 1 aliphatic rings. The van der Waals surface area contributed by atoms with Gasteiger partial charge in [0.15, 0.2) is 0 Å². The summed E-state index contributed by atoms with van der Waals surface area (Å²) in [6, 6.07) is 19.1. The number of aromatic nitrogens is 2. The van der Waals surface area contributed by atoms with Crippen LogP contribution in [0.3, 0.4) is 0 Å². The molecule has 0 aliphatic carbocycles. The minimum atomic E-state index is -0.760. The SMILES string of the molecule is COC(=O)C1=C(CSc2nc(-c3ccncc3)ccc2C#N)OC(N)=C(C#N)C1c1ccc(C(C)C)cc1. The summed E-state index contributed by atoms with van der Waals surface area (Å²) in [5.74, 6) is -0.764. The quantitative estimate of drug-likeness (QED) is 0.329. The van der Waals surface area contributed by atoms with Crippen molar-refractivity contribution in [1.82, 2.24) is 9.97 Å². The summed E-state index contributed by atoms with van der Waals surface area (Å²) < 4.78 is 10.9. The highest BCUT2D eigenvalue weighted by Gasteiger charge is 2.37. The van der Waals surface area contributed by atoms with Gasteiger partial charge in [0, 0.05) is 18.0 Å². The molecule has 8 nitrogen and oxygen atoms in total. The van der Waals surface area contributed by atoms with Crippen LogP contribution in [0, 0.1) is 22.7 Å². The second-order valence-corrected chi connectivity index (χ2v) is 9.72. The largest absolute Gasteiger partial charge is 0.466 e. The van der Waals surface area contributed by atoms with Crippen LogP contribution in [0.2, 0.25) is 0 Å². The number of nitrogens with zero attached hydrogens (tertiary/aromatic N) is 4. The normalized spacial score (nSPS) is 15.1. The summed E-state index contributed by atoms with van der Waals surface area (Å²) in [5, 5.41) is 20.0. The Bertz CT molecular complexity index is 1500. The Morgan fingerprint density at radius 3 is 2.42 bits per heavy atom. The molecule has 0 radical (unpaired) electrons. The van der Waals surface area contributed by atoms with Crippen molar-refractivity contribution in [2.24, 2.45) is 5.73 Å². The fourth-order valence-electron chi connectivity index (χ4n) is 4.12. The minimum absolute atomic E-state index is 0.0762. The summed E-state index contributed by atoms with van der Waals surface area (Å²) in [6.07, 6.45) is 3.34. The van der Waals surface area contributed by atoms with Gasteiger partial charge in [-0.15, -0.1) is 0 Å². The first kappa shape index (κ1) is 26.5. The van der Waals surface area contributed by atoms with Gasteiger partial charge in [-0.1, -0.05) is 49.9 Å². The third-order valence-corrected chi connectivity index (χ3v) is 7.13. The predicted molar refractivity (Wildman–Crippen MR) is 143 cm³/mol. The summed E-state index contributed by atoms with van der Waals surface area (Å²) in [4.78, 5) is 21.8. The second-order valence-electron chi connectivity index (χ2n) is 8.76. The van der Waals surface area contributed by atoms with Crippen LogP contribution in [0.5, 0.6) is 0 Å². The molecule has 3 aromatic rings. The van der Waals surface area contributed by atoms with Gasteiger partial charge in [-0.2, -0.15) is 10.5 Å². The number of esters is 1. The number of nitriles is 2. The van der Waals surface area contributed by atoms with Crippen LogP contribution in [0.1, 0.15) is 42.4 Å². The number of carbonyl (C=O) groups excluding carboxylic acids is 1. The summed E-state index contributed by atoms with van der Waals surface area (Å²) in [7, 11) is 1.28. The molecule has 1 aliphatic heterocycles. The van der Waals surface area contributed by atoms with Crippen molar-refractivity contribution >= 4 is 17.7 Å². The number of ether oxygens (including phenoxy) is 2. The molecule has 1 aromatic carbocycles. The Morgan fingerprint density at radius 1 is 1.11 bits per heavy atom. The van der Waals surface area contributed by atoms with Gasteiger partial charge in [0.05, 0.1) is 35.6 Å². The molecule has 9 heteroatoms. The van der Waals surface area contributed by atoms with E-state index in [9.17, 15) is 15.3 Å². The van der Waals surface area contributed by atoms with Crippen LogP contribution in [0.15, 0.2) is 88.7 Å². The predicted octanol–water partition coefficient (Wildman–Crippen LogP) is 5.17. The Labute approximate surface area is 225 Å². The van der Waals surface area contributed by atoms with Crippen molar-refractivity contribution in [2.45, 2.75) is 30.7 Å². The Hall–Kier alpha value is -4.60. The monoisotopic (exact) mass is 523 g/mol. The van der Waals surface area contributed by atoms with E-state index >= 15 is 0 Å². The first-order chi connectivity index (χ1) is 18.4. The molecule has 0 spiro atoms. The average molecular weight is 524 g/mol. The molecule has 3 heterocycles. The number of thioether (sulfide) groups is 1. The molecular weight excluding hydrogens is 498 g/mol. The number of nitrogens with two attached hydrogens (primary N) is 1. The molecule has 38 heavy (non-hydrogen) atoms. The fraction of sp³-hybridized carbons (Fsp3) is 0.207. The van der Waals surface area contributed by atoms with Crippen molar-refractivity contribution in [3.8, 4) is 23.4 Å². The number of hydrogen-bond donors (Lipinski definition) is 1. The molecular formula is C29H25N5O3S. The van der Waals surface area contributed by atoms with Gasteiger partial charge < -0.3 is 15.2 Å². The molecule has 0 saturated heterocycles. The van der Waals surface area contributed by atoms with Crippen molar-refractivity contribution < 1.29 is 14.3 Å². The van der Waals surface area contributed by atoms with E-state index in [1.807, 2.05) is 36.4 Å². The third-order valence-electron chi connectivity index (χ3n) is 6.14. The van der Waals surface area contributed by atoms with E-state index in [2.05, 4.69) is 36.0 Å². The van der Waals surface area contributed by atoms with Gasteiger partial charge in [-0.05, 0) is 41.3 Å². The van der Waals surface area contributed by atoms with Crippen molar-refractivity contribution in [3.05, 3.63) is 100 Å². The van der Waals surface area contributed by atoms with Crippen LogP contribution < -0.4 is 5.73 Å². The van der Waals surface area contributed by atoms with Crippen molar-refractivity contribution in [2.75, 3.05) is 12.9 Å². The lowest BCUT2D eigenvalue weighted by molar-refractivity contribution is -0.136. The maximum absolute atomic E-state index is 13.1. The molecule has 0 amide bonds. The highest BCUT2D eigenvalue weighted by atomic mass is 32.2. The molecule has 190 valence electrons. The lowest BCUT2D eigenvalue weighted by atomic mass is 9.82. The highest BCUT2D eigenvalue weighted by Crippen LogP contribution is 2.41. The Balaban J connectivity index is 1.75. The topological polar surface area (TPSA) is 135 Å². The van der Waals surface area contributed by atoms with E-state index in [-0.39, 0.29) is 28.5 Å². The van der Waals surface area contributed by atoms with E-state index in [1.165, 1.54) is 18.9 Å². The number of methoxy groups -OCH3 is 1. The lowest BCUT2D eigenvalue weighted by Crippen LogP contribution is -2.26. The minimum Gasteiger partial charge on any atom is -0.466 e. The fourth-order valence-corrected chi connectivity index (χ4v) is 5.03. The molecule has 4 rings (SSSR count). The first-order valence-corrected chi connectivity index (χ1v) is 12.8. The smallest absolute Gasteiger partial charge is 0.338 e. The molecule has 0 saturated carbocycles. The van der Waals surface area contributed by atoms with E-state index in [1.54, 1.807) is 24.5 Å². The molecule has 0 bridgehead atoms. The molecule has 2 aromatic heterocycles. The van der Waals surface area contributed by atoms with Gasteiger partial charge in [0.25, 0.3) is 0 Å². The van der Waals surface area contributed by atoms with Gasteiger partial charge in [0.2, 0.25) is 5.88 Å². The van der Waals surface area contributed by atoms with Crippen molar-refractivity contribution in [3.63, 3.8) is 0 Å². The third kappa shape index (κ3) is 5.39. The van der Waals surface area contributed by atoms with Crippen LogP contribution in [0.25, 0.3) is 11.3 Å². The zero-order chi connectivity index (χ0) is 27.2. The van der Waals surface area contributed by atoms with E-state index in [4.69, 9.17) is 15.2 Å². The van der Waals surface area contributed by atoms with E-state index < -0.39 is 11.9 Å². The van der Waals surface area contributed by atoms with Crippen LogP contribution in [0.4, 0.5) is 0 Å². The van der Waals surface area contributed by atoms with Gasteiger partial charge in [-0.3, -0.25) is 4.98 Å². The standard InChI is InChI=1S/C29H25N5O3S/c1-17(2)18-4-6-20(7-5-18)25-22(15-31)27(32)37-24(26(25)29(35)36-3)16-38-28-21(14-30)8-9-23(34-28)19-10-12-33-13-11-19/h4-13,17,25H,16,32H2,1-3H3. The first-order valence-electron chi connectivity index (χ1n) is 11.8. The summed E-state index contributed by atoms with van der Waals surface area (Å²) in [5.41, 5.74) is 10.3. The zero-order valence-electron chi connectivity index (χ0n) is 21.1. The number of benzene rings is 1. The lowest BCUT2D eigenvalue weighted by Gasteiger charge is -2.28. The number of rotatable bonds is 7. The van der Waals surface area contributed by atoms with E-state index in [0.717, 1.165) is 16.7 Å². The van der Waals surface area contributed by atoms with E-state index in [0.29, 0.717) is 22.2 Å². The molecule has 1 atom stereocenters. The van der Waals surface area contributed by atoms with Crippen LogP contribution >= 0.6 is 11.8 Å². The van der Waals surface area contributed by atoms with Gasteiger partial charge >= 0.3 is 5.97 Å². The molecule has 2 N–H and O–H groups in total. The zero-order valence-corrected chi connectivity index (χ0v) is 22.0. The Kier molecular flexibility index (Phi) is 8.10. The maximum atomic E-state index is 13.1. The second kappa shape index (κ2) is 11.6. The van der Waals surface area contributed by atoms with Crippen molar-refractivity contribution in [1.29, 1.82) is 10.5 Å².